The summed E-state index contributed by atoms with van der Waals surface area (Å²) in [6.45, 7) is 4.87. The van der Waals surface area contributed by atoms with E-state index < -0.39 is 0 Å². The Kier molecular flexibility index (Phi) is 5.00. The van der Waals surface area contributed by atoms with Gasteiger partial charge < -0.3 is 14.2 Å². The molecular formula is C24H29NO3. The highest BCUT2D eigenvalue weighted by Gasteiger charge is 2.43. The summed E-state index contributed by atoms with van der Waals surface area (Å²) in [5, 5.41) is 0. The van der Waals surface area contributed by atoms with E-state index in [-0.39, 0.29) is 11.7 Å². The van der Waals surface area contributed by atoms with E-state index in [1.54, 1.807) is 0 Å². The maximum Gasteiger partial charge on any atom is 0.199 e. The first-order valence-electron chi connectivity index (χ1n) is 10.6. The zero-order chi connectivity index (χ0) is 18.8. The molecule has 148 valence electrons. The van der Waals surface area contributed by atoms with Crippen LogP contribution in [0, 0.1) is 0 Å². The van der Waals surface area contributed by atoms with Crippen LogP contribution in [0.4, 0.5) is 0 Å². The van der Waals surface area contributed by atoms with Crippen LogP contribution in [0.1, 0.15) is 43.2 Å². The smallest absolute Gasteiger partial charge is 0.199 e. The third kappa shape index (κ3) is 3.63. The Balaban J connectivity index is 1.24. The Bertz CT molecular complexity index is 793. The fraction of sp³-hybridized carbons (Fsp3) is 0.500. The molecule has 1 atom stereocenters. The van der Waals surface area contributed by atoms with Gasteiger partial charge in [-0.05, 0) is 50.4 Å². The molecular weight excluding hydrogens is 350 g/mol. The molecule has 1 unspecified atom stereocenters. The van der Waals surface area contributed by atoms with Crippen molar-refractivity contribution in [2.45, 2.75) is 50.4 Å². The predicted octanol–water partition coefficient (Wildman–Crippen LogP) is 4.52. The van der Waals surface area contributed by atoms with Crippen LogP contribution in [0.25, 0.3) is 0 Å². The van der Waals surface area contributed by atoms with E-state index in [2.05, 4.69) is 53.4 Å². The van der Waals surface area contributed by atoms with Crippen LogP contribution in [0.15, 0.2) is 48.5 Å². The van der Waals surface area contributed by atoms with E-state index in [9.17, 15) is 0 Å². The molecule has 0 amide bonds. The second-order valence-electron chi connectivity index (χ2n) is 8.40. The quantitative estimate of drug-likeness (QED) is 0.782. The van der Waals surface area contributed by atoms with Crippen molar-refractivity contribution in [2.24, 2.45) is 0 Å². The largest absolute Gasteiger partial charge is 0.492 e. The first-order valence-corrected chi connectivity index (χ1v) is 10.6. The summed E-state index contributed by atoms with van der Waals surface area (Å²) >= 11 is 0. The molecule has 2 aromatic carbocycles. The lowest BCUT2D eigenvalue weighted by Gasteiger charge is -2.38. The second-order valence-corrected chi connectivity index (χ2v) is 8.40. The van der Waals surface area contributed by atoms with Crippen molar-refractivity contribution in [3.05, 3.63) is 59.7 Å². The van der Waals surface area contributed by atoms with E-state index in [0.29, 0.717) is 0 Å². The van der Waals surface area contributed by atoms with Crippen molar-refractivity contribution >= 4 is 0 Å². The number of ether oxygens (including phenoxy) is 3. The number of nitrogens with zero attached hydrogens (tertiary/aromatic N) is 1. The summed E-state index contributed by atoms with van der Waals surface area (Å²) in [6, 6.07) is 17.2. The monoisotopic (exact) mass is 379 g/mol. The fourth-order valence-corrected chi connectivity index (χ4v) is 4.78. The lowest BCUT2D eigenvalue weighted by Crippen LogP contribution is -2.43. The van der Waals surface area contributed by atoms with Crippen LogP contribution in [0.5, 0.6) is 11.5 Å². The predicted molar refractivity (Wildman–Crippen MR) is 109 cm³/mol. The van der Waals surface area contributed by atoms with Gasteiger partial charge >= 0.3 is 0 Å². The minimum absolute atomic E-state index is 0.108. The normalized spacial score (nSPS) is 23.9. The Morgan fingerprint density at radius 1 is 1.04 bits per heavy atom. The summed E-state index contributed by atoms with van der Waals surface area (Å²) in [6.07, 6.45) is 5.48. The summed E-state index contributed by atoms with van der Waals surface area (Å²) < 4.78 is 17.9. The molecule has 3 aliphatic rings. The van der Waals surface area contributed by atoms with Crippen molar-refractivity contribution < 1.29 is 14.2 Å². The van der Waals surface area contributed by atoms with Gasteiger partial charge in [-0.3, -0.25) is 4.90 Å². The van der Waals surface area contributed by atoms with Crippen LogP contribution in [-0.4, -0.2) is 37.5 Å². The molecule has 0 radical (unpaired) electrons. The average Bonchev–Trinajstić information content (AvgIpc) is 3.09. The van der Waals surface area contributed by atoms with Gasteiger partial charge in [-0.15, -0.1) is 0 Å². The molecule has 3 heterocycles. The lowest BCUT2D eigenvalue weighted by atomic mass is 9.74. The third-order valence-electron chi connectivity index (χ3n) is 6.50. The van der Waals surface area contributed by atoms with E-state index in [4.69, 9.17) is 14.2 Å². The first kappa shape index (κ1) is 18.0. The maximum absolute atomic E-state index is 6.14. The molecule has 2 aromatic rings. The molecule has 0 N–H and O–H groups in total. The Morgan fingerprint density at radius 2 is 1.89 bits per heavy atom. The number of rotatable bonds is 4. The van der Waals surface area contributed by atoms with Crippen LogP contribution >= 0.6 is 0 Å². The average molecular weight is 380 g/mol. The van der Waals surface area contributed by atoms with Crippen LogP contribution in [0.2, 0.25) is 0 Å². The number of benzene rings is 2. The Hall–Kier alpha value is -2.04. The SMILES string of the molecule is c1ccc(CN2CCC3(CC2)COc2cc(OC4CCCCO4)ccc23)cc1. The van der Waals surface area contributed by atoms with Gasteiger partial charge in [-0.1, -0.05) is 36.4 Å². The standard InChI is InChI=1S/C24H29NO3/c1-2-6-19(7-3-1)17-25-13-11-24(12-14-25)18-27-22-16-20(9-10-21(22)24)28-23-8-4-5-15-26-23/h1-3,6-7,9-10,16,23H,4-5,8,11-15,17-18H2. The Morgan fingerprint density at radius 3 is 2.68 bits per heavy atom. The highest BCUT2D eigenvalue weighted by molar-refractivity contribution is 5.48. The second kappa shape index (κ2) is 7.76. The van der Waals surface area contributed by atoms with Gasteiger partial charge in [0, 0.05) is 30.0 Å². The lowest BCUT2D eigenvalue weighted by molar-refractivity contribution is -0.105. The number of fused-ring (bicyclic) bond motifs is 2. The van der Waals surface area contributed by atoms with E-state index >= 15 is 0 Å². The van der Waals surface area contributed by atoms with E-state index in [0.717, 1.165) is 70.0 Å². The molecule has 0 aromatic heterocycles. The summed E-state index contributed by atoms with van der Waals surface area (Å²) in [5.41, 5.74) is 2.93. The maximum atomic E-state index is 6.14. The van der Waals surface area contributed by atoms with Gasteiger partial charge in [0.25, 0.3) is 0 Å². The zero-order valence-corrected chi connectivity index (χ0v) is 16.4. The van der Waals surface area contributed by atoms with Gasteiger partial charge in [-0.25, -0.2) is 0 Å². The van der Waals surface area contributed by atoms with Gasteiger partial charge in [-0.2, -0.15) is 0 Å². The molecule has 4 heteroatoms. The first-order chi connectivity index (χ1) is 13.8. The zero-order valence-electron chi connectivity index (χ0n) is 16.4. The molecule has 0 saturated carbocycles. The summed E-state index contributed by atoms with van der Waals surface area (Å²) in [7, 11) is 0. The molecule has 2 saturated heterocycles. The van der Waals surface area contributed by atoms with Gasteiger partial charge in [0.1, 0.15) is 11.5 Å². The molecule has 28 heavy (non-hydrogen) atoms. The van der Waals surface area contributed by atoms with E-state index in [1.165, 1.54) is 17.5 Å². The summed E-state index contributed by atoms with van der Waals surface area (Å²) in [5.74, 6) is 1.87. The number of piperidine rings is 1. The number of likely N-dealkylation sites (tertiary alicyclic amines) is 1. The molecule has 0 bridgehead atoms. The molecule has 3 aliphatic heterocycles. The van der Waals surface area contributed by atoms with Crippen molar-refractivity contribution in [1.29, 1.82) is 0 Å². The highest BCUT2D eigenvalue weighted by atomic mass is 16.7. The molecule has 1 spiro atoms. The topological polar surface area (TPSA) is 30.9 Å². The van der Waals surface area contributed by atoms with Crippen molar-refractivity contribution in [3.8, 4) is 11.5 Å². The molecule has 0 aliphatic carbocycles. The third-order valence-corrected chi connectivity index (χ3v) is 6.50. The highest BCUT2D eigenvalue weighted by Crippen LogP contribution is 2.47. The van der Waals surface area contributed by atoms with Crippen LogP contribution in [-0.2, 0) is 16.7 Å². The molecule has 2 fully saturated rings. The molecule has 5 rings (SSSR count). The minimum atomic E-state index is -0.108. The Labute approximate surface area is 167 Å². The number of hydrogen-bond donors (Lipinski definition) is 0. The van der Waals surface area contributed by atoms with Crippen molar-refractivity contribution in [2.75, 3.05) is 26.3 Å². The van der Waals surface area contributed by atoms with Gasteiger partial charge in [0.2, 0.25) is 0 Å². The van der Waals surface area contributed by atoms with E-state index in [1.807, 2.05) is 0 Å². The summed E-state index contributed by atoms with van der Waals surface area (Å²) in [4.78, 5) is 2.57. The minimum Gasteiger partial charge on any atom is -0.492 e. The van der Waals surface area contributed by atoms with Gasteiger partial charge in [0.15, 0.2) is 6.29 Å². The van der Waals surface area contributed by atoms with Crippen molar-refractivity contribution in [1.82, 2.24) is 4.90 Å². The fourth-order valence-electron chi connectivity index (χ4n) is 4.78. The number of hydrogen-bond acceptors (Lipinski definition) is 4. The van der Waals surface area contributed by atoms with Gasteiger partial charge in [0.05, 0.1) is 13.2 Å². The van der Waals surface area contributed by atoms with Crippen LogP contribution < -0.4 is 9.47 Å². The van der Waals surface area contributed by atoms with Crippen LogP contribution in [0.3, 0.4) is 0 Å². The molecule has 4 nitrogen and oxygen atoms in total. The van der Waals surface area contributed by atoms with Crippen molar-refractivity contribution in [3.63, 3.8) is 0 Å².